The molecule has 0 aliphatic heterocycles. The predicted octanol–water partition coefficient (Wildman–Crippen LogP) is 1.42. The van der Waals surface area contributed by atoms with Crippen LogP contribution in [-0.4, -0.2) is 29.3 Å². The van der Waals surface area contributed by atoms with E-state index in [1.54, 1.807) is 18.2 Å². The summed E-state index contributed by atoms with van der Waals surface area (Å²) in [6, 6.07) is 0. The number of hydrogen-bond acceptors (Lipinski definition) is 3. The van der Waals surface area contributed by atoms with Crippen LogP contribution in [0.3, 0.4) is 0 Å². The lowest BCUT2D eigenvalue weighted by atomic mass is 10.7. The van der Waals surface area contributed by atoms with E-state index < -0.39 is 9.53 Å². The Morgan fingerprint density at radius 1 is 0.846 bits per heavy atom. The van der Waals surface area contributed by atoms with Crippen molar-refractivity contribution in [3.8, 4) is 0 Å². The van der Waals surface area contributed by atoms with Crippen LogP contribution in [0.1, 0.15) is 1.43 Å². The summed E-state index contributed by atoms with van der Waals surface area (Å²) in [5.41, 5.74) is 0. The minimum atomic E-state index is -2.00. The molecule has 3 nitrogen and oxygen atoms in total. The second kappa shape index (κ2) is 9.41. The molecule has 4 heteroatoms. The summed E-state index contributed by atoms with van der Waals surface area (Å²) in [5, 5.41) is 0. The highest BCUT2D eigenvalue weighted by Gasteiger charge is 2.12. The fourth-order valence-corrected chi connectivity index (χ4v) is 1.75. The van der Waals surface area contributed by atoms with Crippen LogP contribution in [0.4, 0.5) is 0 Å². The normalized spacial score (nSPS) is 9.92. The monoisotopic (exact) mass is 201 g/mol. The van der Waals surface area contributed by atoms with E-state index in [0.717, 1.165) is 0 Å². The van der Waals surface area contributed by atoms with Gasteiger partial charge in [0.15, 0.2) is 0 Å². The van der Waals surface area contributed by atoms with Gasteiger partial charge in [0.05, 0.1) is 19.8 Å². The fourth-order valence-electron chi connectivity index (χ4n) is 0.584. The van der Waals surface area contributed by atoms with Crippen LogP contribution in [0.25, 0.3) is 0 Å². The van der Waals surface area contributed by atoms with Gasteiger partial charge in [0.1, 0.15) is 0 Å². The first-order valence-electron chi connectivity index (χ1n) is 4.02. The Morgan fingerprint density at radius 2 is 1.15 bits per heavy atom. The van der Waals surface area contributed by atoms with Crippen molar-refractivity contribution in [2.75, 3.05) is 19.8 Å². The Kier molecular flexibility index (Phi) is 8.91. The summed E-state index contributed by atoms with van der Waals surface area (Å²) in [4.78, 5) is 0. The summed E-state index contributed by atoms with van der Waals surface area (Å²) in [7, 11) is -2.00. The van der Waals surface area contributed by atoms with E-state index in [1.807, 2.05) is 0 Å². The van der Waals surface area contributed by atoms with Crippen LogP contribution in [0.2, 0.25) is 0 Å². The maximum absolute atomic E-state index is 5.28. The molecule has 0 unspecified atom stereocenters. The average molecular weight is 201 g/mol. The first kappa shape index (κ1) is 12.3. The Labute approximate surface area is 82.8 Å². The zero-order chi connectivity index (χ0) is 9.94. The molecule has 0 amide bonds. The maximum Gasteiger partial charge on any atom is 0.485 e. The van der Waals surface area contributed by atoms with Gasteiger partial charge in [-0.1, -0.05) is 18.2 Å². The van der Waals surface area contributed by atoms with Gasteiger partial charge >= 0.3 is 9.53 Å². The molecule has 0 fully saturated rings. The van der Waals surface area contributed by atoms with Gasteiger partial charge in [-0.05, 0) is 0 Å². The molecular formula is C9H17O3Si. The molecular weight excluding hydrogens is 184 g/mol. The Balaban J connectivity index is 0. The topological polar surface area (TPSA) is 27.7 Å². The van der Waals surface area contributed by atoms with Crippen molar-refractivity contribution in [1.29, 1.82) is 0 Å². The lowest BCUT2D eigenvalue weighted by molar-refractivity contribution is 0.123. The largest absolute Gasteiger partial charge is 0.485 e. The van der Waals surface area contributed by atoms with Crippen molar-refractivity contribution < 1.29 is 14.7 Å². The van der Waals surface area contributed by atoms with E-state index >= 15 is 0 Å². The van der Waals surface area contributed by atoms with Gasteiger partial charge in [0.25, 0.3) is 0 Å². The van der Waals surface area contributed by atoms with Gasteiger partial charge < -0.3 is 13.3 Å². The maximum atomic E-state index is 5.28. The van der Waals surface area contributed by atoms with E-state index in [4.69, 9.17) is 13.3 Å². The molecule has 0 rings (SSSR count). The molecule has 0 aromatic rings. The summed E-state index contributed by atoms with van der Waals surface area (Å²) < 4.78 is 15.8. The molecule has 0 saturated heterocycles. The summed E-state index contributed by atoms with van der Waals surface area (Å²) in [6.45, 7) is 12.0. The van der Waals surface area contributed by atoms with Crippen LogP contribution in [0, 0.1) is 0 Å². The van der Waals surface area contributed by atoms with E-state index in [9.17, 15) is 0 Å². The third kappa shape index (κ3) is 7.67. The Bertz CT molecular complexity index is 136. The fraction of sp³-hybridized carbons (Fsp3) is 0.333. The predicted molar refractivity (Wildman–Crippen MR) is 56.7 cm³/mol. The van der Waals surface area contributed by atoms with Gasteiger partial charge in [-0.25, -0.2) is 0 Å². The van der Waals surface area contributed by atoms with Gasteiger partial charge in [0.2, 0.25) is 0 Å². The third-order valence-electron chi connectivity index (χ3n) is 1.05. The molecule has 0 N–H and O–H groups in total. The molecule has 0 aliphatic carbocycles. The van der Waals surface area contributed by atoms with Crippen molar-refractivity contribution >= 4 is 9.53 Å². The minimum Gasteiger partial charge on any atom is -0.372 e. The number of rotatable bonds is 9. The number of hydrogen-bond donors (Lipinski definition) is 0. The van der Waals surface area contributed by atoms with Gasteiger partial charge in [-0.15, -0.1) is 19.7 Å². The third-order valence-corrected chi connectivity index (χ3v) is 2.44. The zero-order valence-electron chi connectivity index (χ0n) is 8.78. The van der Waals surface area contributed by atoms with Crippen LogP contribution in [0.5, 0.6) is 0 Å². The first-order valence-corrected chi connectivity index (χ1v) is 5.44. The molecule has 1 radical (unpaired) electrons. The van der Waals surface area contributed by atoms with Crippen LogP contribution in [-0.2, 0) is 13.3 Å². The zero-order valence-corrected chi connectivity index (χ0v) is 8.93. The molecule has 0 aromatic heterocycles. The van der Waals surface area contributed by atoms with Crippen LogP contribution < -0.4 is 0 Å². The van der Waals surface area contributed by atoms with Crippen LogP contribution >= 0.6 is 0 Å². The lowest BCUT2D eigenvalue weighted by Gasteiger charge is -2.13. The summed E-state index contributed by atoms with van der Waals surface area (Å²) in [6.07, 6.45) is 4.98. The molecule has 0 spiro atoms. The van der Waals surface area contributed by atoms with E-state index in [-0.39, 0.29) is 1.43 Å². The highest BCUT2D eigenvalue weighted by Crippen LogP contribution is 1.93. The Hall–Kier alpha value is -0.683. The lowest BCUT2D eigenvalue weighted by Crippen LogP contribution is -2.27. The highest BCUT2D eigenvalue weighted by atomic mass is 28.3. The van der Waals surface area contributed by atoms with E-state index in [0.29, 0.717) is 19.8 Å². The average Bonchev–Trinajstić information content (AvgIpc) is 2.17. The molecule has 0 atom stereocenters. The van der Waals surface area contributed by atoms with Crippen LogP contribution in [0.15, 0.2) is 38.0 Å². The molecule has 0 bridgehead atoms. The van der Waals surface area contributed by atoms with E-state index in [1.165, 1.54) is 0 Å². The Morgan fingerprint density at radius 3 is 1.38 bits per heavy atom. The SMILES string of the molecule is C=CCO[SiH](OCC=C)OCC=C.[H]. The molecule has 13 heavy (non-hydrogen) atoms. The van der Waals surface area contributed by atoms with Crippen molar-refractivity contribution in [3.05, 3.63) is 38.0 Å². The molecule has 0 aliphatic rings. The molecule has 0 aromatic carbocycles. The standard InChI is InChI=1S/C9H16O3Si.H/c1-4-7-10-13(11-8-5-2)12-9-6-3;/h4-6,13H,1-3,7-9H2;. The van der Waals surface area contributed by atoms with Crippen molar-refractivity contribution in [3.63, 3.8) is 0 Å². The minimum absolute atomic E-state index is 0. The van der Waals surface area contributed by atoms with Gasteiger partial charge in [-0.3, -0.25) is 0 Å². The van der Waals surface area contributed by atoms with E-state index in [2.05, 4.69) is 19.7 Å². The van der Waals surface area contributed by atoms with Crippen molar-refractivity contribution in [2.24, 2.45) is 0 Å². The van der Waals surface area contributed by atoms with Gasteiger partial charge in [0, 0.05) is 1.43 Å². The molecule has 75 valence electrons. The van der Waals surface area contributed by atoms with Crippen molar-refractivity contribution in [2.45, 2.75) is 0 Å². The highest BCUT2D eigenvalue weighted by molar-refractivity contribution is 6.36. The summed E-state index contributed by atoms with van der Waals surface area (Å²) in [5.74, 6) is 0. The first-order chi connectivity index (χ1) is 6.35. The molecule has 0 heterocycles. The second-order valence-electron chi connectivity index (χ2n) is 2.15. The molecule has 0 saturated carbocycles. The van der Waals surface area contributed by atoms with Crippen molar-refractivity contribution in [1.82, 2.24) is 0 Å². The smallest absolute Gasteiger partial charge is 0.372 e. The second-order valence-corrected chi connectivity index (χ2v) is 3.73. The quantitative estimate of drug-likeness (QED) is 0.417. The van der Waals surface area contributed by atoms with Gasteiger partial charge in [-0.2, -0.15) is 0 Å². The summed E-state index contributed by atoms with van der Waals surface area (Å²) >= 11 is 0.